The van der Waals surface area contributed by atoms with Crippen molar-refractivity contribution in [1.82, 2.24) is 0 Å². The predicted molar refractivity (Wildman–Crippen MR) is 63.3 cm³/mol. The molecule has 0 atom stereocenters. The Balaban J connectivity index is 3.20. The monoisotopic (exact) mass is 282 g/mol. The van der Waals surface area contributed by atoms with Crippen LogP contribution in [-0.4, -0.2) is 34.4 Å². The van der Waals surface area contributed by atoms with E-state index in [0.29, 0.717) is 0 Å². The molecule has 0 aliphatic heterocycles. The quantitative estimate of drug-likeness (QED) is 0.857. The highest BCUT2D eigenvalue weighted by molar-refractivity contribution is 7.90. The van der Waals surface area contributed by atoms with Gasteiger partial charge in [0.05, 0.1) is 16.3 Å². The van der Waals surface area contributed by atoms with Crippen LogP contribution in [0.3, 0.4) is 0 Å². The normalized spacial score (nSPS) is 12.5. The van der Waals surface area contributed by atoms with Crippen LogP contribution in [0.25, 0.3) is 0 Å². The zero-order chi connectivity index (χ0) is 14.1. The third-order valence-electron chi connectivity index (χ3n) is 2.27. The number of sulfone groups is 1. The standard InChI is InChI=1S/C10H13F3N2O2S/c1-15(6-10(11,12)13)7-4-3-5-8(9(7)14)18(2,16)17/h3-5H,6,14H2,1-2H3. The molecule has 1 aromatic carbocycles. The average Bonchev–Trinajstić information content (AvgIpc) is 2.12. The molecule has 0 aliphatic rings. The number of alkyl halides is 3. The highest BCUT2D eigenvalue weighted by atomic mass is 32.2. The molecular weight excluding hydrogens is 269 g/mol. The van der Waals surface area contributed by atoms with Gasteiger partial charge in [0.2, 0.25) is 0 Å². The Morgan fingerprint density at radius 1 is 1.33 bits per heavy atom. The SMILES string of the molecule is CN(CC(F)(F)F)c1cccc(S(C)(=O)=O)c1N. The number of nitrogen functional groups attached to an aromatic ring is 1. The molecule has 102 valence electrons. The van der Waals surface area contributed by atoms with Gasteiger partial charge in [0.25, 0.3) is 0 Å². The maximum Gasteiger partial charge on any atom is 0.405 e. The van der Waals surface area contributed by atoms with Crippen molar-refractivity contribution < 1.29 is 21.6 Å². The number of para-hydroxylation sites is 1. The van der Waals surface area contributed by atoms with E-state index in [4.69, 9.17) is 5.73 Å². The number of nitrogens with zero attached hydrogens (tertiary/aromatic N) is 1. The second-order valence-corrected chi connectivity index (χ2v) is 5.92. The Labute approximate surface area is 103 Å². The Bertz CT molecular complexity index is 541. The largest absolute Gasteiger partial charge is 0.405 e. The fourth-order valence-electron chi connectivity index (χ4n) is 1.54. The highest BCUT2D eigenvalue weighted by Gasteiger charge is 2.30. The Kier molecular flexibility index (Phi) is 3.80. The summed E-state index contributed by atoms with van der Waals surface area (Å²) in [6.07, 6.45) is -3.44. The van der Waals surface area contributed by atoms with Gasteiger partial charge in [-0.15, -0.1) is 0 Å². The molecule has 4 nitrogen and oxygen atoms in total. The van der Waals surface area contributed by atoms with Crippen molar-refractivity contribution in [1.29, 1.82) is 0 Å². The molecule has 0 heterocycles. The van der Waals surface area contributed by atoms with Gasteiger partial charge in [0.1, 0.15) is 6.54 Å². The van der Waals surface area contributed by atoms with Gasteiger partial charge in [0.15, 0.2) is 9.84 Å². The van der Waals surface area contributed by atoms with Crippen molar-refractivity contribution in [2.45, 2.75) is 11.1 Å². The first-order chi connectivity index (χ1) is 8.02. The lowest BCUT2D eigenvalue weighted by molar-refractivity contribution is -0.119. The summed E-state index contributed by atoms with van der Waals surface area (Å²) in [6, 6.07) is 3.96. The van der Waals surface area contributed by atoms with Gasteiger partial charge in [-0.05, 0) is 12.1 Å². The third kappa shape index (κ3) is 3.52. The molecule has 8 heteroatoms. The minimum absolute atomic E-state index is 0.0373. The molecule has 0 bridgehead atoms. The van der Waals surface area contributed by atoms with Crippen LogP contribution >= 0.6 is 0 Å². The summed E-state index contributed by atoms with van der Waals surface area (Å²) in [5.41, 5.74) is 5.46. The van der Waals surface area contributed by atoms with Crippen LogP contribution in [-0.2, 0) is 9.84 Å². The number of rotatable bonds is 3. The van der Waals surface area contributed by atoms with E-state index < -0.39 is 22.6 Å². The van der Waals surface area contributed by atoms with Gasteiger partial charge in [0, 0.05) is 13.3 Å². The summed E-state index contributed by atoms with van der Waals surface area (Å²) in [5, 5.41) is 0. The van der Waals surface area contributed by atoms with Crippen molar-refractivity contribution in [3.8, 4) is 0 Å². The van der Waals surface area contributed by atoms with E-state index in [1.807, 2.05) is 0 Å². The van der Waals surface area contributed by atoms with E-state index in [2.05, 4.69) is 0 Å². The minimum Gasteiger partial charge on any atom is -0.396 e. The summed E-state index contributed by atoms with van der Waals surface area (Å²) >= 11 is 0. The topological polar surface area (TPSA) is 63.4 Å². The molecule has 0 amide bonds. The van der Waals surface area contributed by atoms with Crippen LogP contribution < -0.4 is 10.6 Å². The van der Waals surface area contributed by atoms with Crippen LogP contribution in [0.1, 0.15) is 0 Å². The number of nitrogens with two attached hydrogens (primary N) is 1. The van der Waals surface area contributed by atoms with E-state index in [1.54, 1.807) is 0 Å². The number of hydrogen-bond donors (Lipinski definition) is 1. The van der Waals surface area contributed by atoms with Gasteiger partial charge in [-0.2, -0.15) is 13.2 Å². The maximum absolute atomic E-state index is 12.3. The molecule has 0 unspecified atom stereocenters. The predicted octanol–water partition coefficient (Wildman–Crippen LogP) is 1.67. The molecule has 0 aliphatic carbocycles. The lowest BCUT2D eigenvalue weighted by Gasteiger charge is -2.23. The molecule has 0 saturated carbocycles. The number of hydrogen-bond acceptors (Lipinski definition) is 4. The zero-order valence-corrected chi connectivity index (χ0v) is 10.6. The average molecular weight is 282 g/mol. The molecular formula is C10H13F3N2O2S. The van der Waals surface area contributed by atoms with E-state index >= 15 is 0 Å². The first-order valence-corrected chi connectivity index (χ1v) is 6.78. The smallest absolute Gasteiger partial charge is 0.396 e. The third-order valence-corrected chi connectivity index (χ3v) is 3.43. The molecule has 0 fully saturated rings. The van der Waals surface area contributed by atoms with Gasteiger partial charge in [-0.25, -0.2) is 8.42 Å². The lowest BCUT2D eigenvalue weighted by Crippen LogP contribution is -2.31. The van der Waals surface area contributed by atoms with Crippen molar-refractivity contribution in [3.63, 3.8) is 0 Å². The van der Waals surface area contributed by atoms with Gasteiger partial charge in [-0.1, -0.05) is 6.07 Å². The van der Waals surface area contributed by atoms with Gasteiger partial charge in [-0.3, -0.25) is 0 Å². The fraction of sp³-hybridized carbons (Fsp3) is 0.400. The Hall–Kier alpha value is -1.44. The van der Waals surface area contributed by atoms with Crippen LogP contribution in [0, 0.1) is 0 Å². The fourth-order valence-corrected chi connectivity index (χ4v) is 2.37. The summed E-state index contributed by atoms with van der Waals surface area (Å²) < 4.78 is 59.6. The maximum atomic E-state index is 12.3. The Morgan fingerprint density at radius 3 is 2.33 bits per heavy atom. The van der Waals surface area contributed by atoms with Crippen molar-refractivity contribution in [2.75, 3.05) is 30.5 Å². The second-order valence-electron chi connectivity index (χ2n) is 3.93. The van der Waals surface area contributed by atoms with Crippen LogP contribution in [0.5, 0.6) is 0 Å². The van der Waals surface area contributed by atoms with E-state index in [1.165, 1.54) is 25.2 Å². The first kappa shape index (κ1) is 14.6. The molecule has 1 aromatic rings. The van der Waals surface area contributed by atoms with Gasteiger partial charge < -0.3 is 10.6 Å². The summed E-state index contributed by atoms with van der Waals surface area (Å²) in [7, 11) is -2.37. The van der Waals surface area contributed by atoms with E-state index in [9.17, 15) is 21.6 Å². The van der Waals surface area contributed by atoms with Crippen LogP contribution in [0.2, 0.25) is 0 Å². The lowest BCUT2D eigenvalue weighted by atomic mass is 10.2. The molecule has 0 spiro atoms. The van der Waals surface area contributed by atoms with Crippen molar-refractivity contribution in [2.24, 2.45) is 0 Å². The number of benzene rings is 1. The van der Waals surface area contributed by atoms with Gasteiger partial charge >= 0.3 is 6.18 Å². The minimum atomic E-state index is -4.39. The second kappa shape index (κ2) is 4.68. The molecule has 1 rings (SSSR count). The van der Waals surface area contributed by atoms with E-state index in [-0.39, 0.29) is 16.3 Å². The first-order valence-electron chi connectivity index (χ1n) is 4.89. The molecule has 0 radical (unpaired) electrons. The van der Waals surface area contributed by atoms with Crippen molar-refractivity contribution >= 4 is 21.2 Å². The van der Waals surface area contributed by atoms with Crippen LogP contribution in [0.4, 0.5) is 24.5 Å². The summed E-state index contributed by atoms with van der Waals surface area (Å²) in [6.45, 7) is -1.20. The summed E-state index contributed by atoms with van der Waals surface area (Å²) in [4.78, 5) is 0.693. The highest BCUT2D eigenvalue weighted by Crippen LogP contribution is 2.30. The number of anilines is 2. The zero-order valence-electron chi connectivity index (χ0n) is 9.82. The molecule has 0 aromatic heterocycles. The number of halogens is 3. The molecule has 2 N–H and O–H groups in total. The van der Waals surface area contributed by atoms with Crippen molar-refractivity contribution in [3.05, 3.63) is 18.2 Å². The van der Waals surface area contributed by atoms with E-state index in [0.717, 1.165) is 11.2 Å². The summed E-state index contributed by atoms with van der Waals surface area (Å²) in [5.74, 6) is 0. The van der Waals surface area contributed by atoms with Crippen LogP contribution in [0.15, 0.2) is 23.1 Å². The molecule has 0 saturated heterocycles. The Morgan fingerprint density at radius 2 is 1.89 bits per heavy atom. The molecule has 18 heavy (non-hydrogen) atoms.